The van der Waals surface area contributed by atoms with Gasteiger partial charge in [-0.2, -0.15) is 5.10 Å². The number of hydrogen-bond donors (Lipinski definition) is 0. The van der Waals surface area contributed by atoms with Gasteiger partial charge in [-0.25, -0.2) is 9.67 Å². The zero-order valence-corrected chi connectivity index (χ0v) is 14.2. The average Bonchev–Trinajstić information content (AvgIpc) is 3.21. The van der Waals surface area contributed by atoms with Crippen molar-refractivity contribution >= 4 is 17.5 Å². The van der Waals surface area contributed by atoms with E-state index >= 15 is 0 Å². The van der Waals surface area contributed by atoms with Crippen LogP contribution in [0.5, 0.6) is 5.75 Å². The van der Waals surface area contributed by atoms with Crippen molar-refractivity contribution in [3.05, 3.63) is 41.4 Å². The summed E-state index contributed by atoms with van der Waals surface area (Å²) in [5, 5.41) is 4.81. The SMILES string of the molecule is COc1ccc(Cl)cc1C(=O)N1C2CCC1CC(n1cncn1)C2. The van der Waals surface area contributed by atoms with Gasteiger partial charge in [0.2, 0.25) is 0 Å². The first-order valence-corrected chi connectivity index (χ1v) is 8.55. The first-order valence-electron chi connectivity index (χ1n) is 8.17. The number of fused-ring (bicyclic) bond motifs is 2. The fourth-order valence-electron chi connectivity index (χ4n) is 4.09. The molecule has 2 saturated heterocycles. The Morgan fingerprint density at radius 1 is 1.25 bits per heavy atom. The van der Waals surface area contributed by atoms with E-state index in [2.05, 4.69) is 10.1 Å². The minimum atomic E-state index is 0.0129. The van der Waals surface area contributed by atoms with Crippen LogP contribution in [0.3, 0.4) is 0 Å². The van der Waals surface area contributed by atoms with Gasteiger partial charge in [0, 0.05) is 17.1 Å². The van der Waals surface area contributed by atoms with E-state index in [-0.39, 0.29) is 18.0 Å². The first kappa shape index (κ1) is 15.4. The molecule has 0 N–H and O–H groups in total. The maximum absolute atomic E-state index is 13.1. The third-order valence-corrected chi connectivity index (χ3v) is 5.38. The zero-order valence-electron chi connectivity index (χ0n) is 13.4. The van der Waals surface area contributed by atoms with Gasteiger partial charge in [0.05, 0.1) is 18.7 Å². The topological polar surface area (TPSA) is 60.2 Å². The Kier molecular flexibility index (Phi) is 3.92. The number of amides is 1. The van der Waals surface area contributed by atoms with E-state index in [1.807, 2.05) is 9.58 Å². The number of carbonyl (C=O) groups is 1. The highest BCUT2D eigenvalue weighted by Gasteiger charge is 2.44. The van der Waals surface area contributed by atoms with Gasteiger partial charge in [0.1, 0.15) is 18.4 Å². The molecule has 2 bridgehead atoms. The maximum atomic E-state index is 13.1. The lowest BCUT2D eigenvalue weighted by Gasteiger charge is -2.39. The van der Waals surface area contributed by atoms with Crippen molar-refractivity contribution in [1.29, 1.82) is 0 Å². The number of nitrogens with zero attached hydrogens (tertiary/aromatic N) is 4. The van der Waals surface area contributed by atoms with Crippen LogP contribution in [0, 0.1) is 0 Å². The number of ether oxygens (including phenoxy) is 1. The lowest BCUT2D eigenvalue weighted by Crippen LogP contribution is -2.47. The standard InChI is InChI=1S/C17H19ClN4O2/c1-24-16-5-2-11(18)6-15(16)17(23)22-12-3-4-13(22)8-14(7-12)21-10-19-9-20-21/h2,5-6,9-10,12-14H,3-4,7-8H2,1H3. The van der Waals surface area contributed by atoms with Crippen molar-refractivity contribution in [2.45, 2.75) is 43.8 Å². The molecule has 2 aliphatic rings. The van der Waals surface area contributed by atoms with Gasteiger partial charge >= 0.3 is 0 Å². The number of halogens is 1. The van der Waals surface area contributed by atoms with Crippen LogP contribution in [0.25, 0.3) is 0 Å². The van der Waals surface area contributed by atoms with Crippen LogP contribution in [-0.4, -0.2) is 44.8 Å². The number of carbonyl (C=O) groups excluding carboxylic acids is 1. The molecule has 1 aromatic carbocycles. The van der Waals surface area contributed by atoms with E-state index in [1.54, 1.807) is 38.0 Å². The summed E-state index contributed by atoms with van der Waals surface area (Å²) in [6.07, 6.45) is 7.22. The van der Waals surface area contributed by atoms with E-state index in [4.69, 9.17) is 16.3 Å². The van der Waals surface area contributed by atoms with Crippen molar-refractivity contribution in [3.63, 3.8) is 0 Å². The van der Waals surface area contributed by atoms with Gasteiger partial charge < -0.3 is 9.64 Å². The van der Waals surface area contributed by atoms with Crippen LogP contribution in [0.15, 0.2) is 30.9 Å². The fraction of sp³-hybridized carbons (Fsp3) is 0.471. The van der Waals surface area contributed by atoms with Crippen molar-refractivity contribution in [1.82, 2.24) is 19.7 Å². The molecule has 6 nitrogen and oxygen atoms in total. The van der Waals surface area contributed by atoms with E-state index in [0.717, 1.165) is 25.7 Å². The van der Waals surface area contributed by atoms with Gasteiger partial charge in [-0.3, -0.25) is 4.79 Å². The monoisotopic (exact) mass is 346 g/mol. The van der Waals surface area contributed by atoms with Crippen molar-refractivity contribution in [3.8, 4) is 5.75 Å². The van der Waals surface area contributed by atoms with E-state index < -0.39 is 0 Å². The molecule has 24 heavy (non-hydrogen) atoms. The molecule has 7 heteroatoms. The maximum Gasteiger partial charge on any atom is 0.258 e. The van der Waals surface area contributed by atoms with E-state index in [0.29, 0.717) is 22.4 Å². The molecule has 1 amide bonds. The van der Waals surface area contributed by atoms with Gasteiger partial charge in [-0.05, 0) is 43.9 Å². The first-order chi connectivity index (χ1) is 11.7. The minimum absolute atomic E-state index is 0.0129. The molecule has 0 saturated carbocycles. The van der Waals surface area contributed by atoms with Crippen LogP contribution < -0.4 is 4.74 Å². The van der Waals surface area contributed by atoms with Crippen LogP contribution in [0.4, 0.5) is 0 Å². The van der Waals surface area contributed by atoms with Crippen LogP contribution in [-0.2, 0) is 0 Å². The number of methoxy groups -OCH3 is 1. The summed E-state index contributed by atoms with van der Waals surface area (Å²) in [6, 6.07) is 5.96. The lowest BCUT2D eigenvalue weighted by atomic mass is 9.96. The van der Waals surface area contributed by atoms with Crippen molar-refractivity contribution in [2.24, 2.45) is 0 Å². The molecule has 126 valence electrons. The zero-order chi connectivity index (χ0) is 16.7. The number of aromatic nitrogens is 3. The molecule has 4 rings (SSSR count). The Labute approximate surface area is 145 Å². The van der Waals surface area contributed by atoms with Crippen molar-refractivity contribution < 1.29 is 9.53 Å². The lowest BCUT2D eigenvalue weighted by molar-refractivity contribution is 0.0521. The summed E-state index contributed by atoms with van der Waals surface area (Å²) >= 11 is 6.09. The third kappa shape index (κ3) is 2.55. The number of rotatable bonds is 3. The molecule has 3 heterocycles. The van der Waals surface area contributed by atoms with Crippen molar-refractivity contribution in [2.75, 3.05) is 7.11 Å². The highest BCUT2D eigenvalue weighted by molar-refractivity contribution is 6.31. The molecule has 2 aliphatic heterocycles. The molecule has 1 aromatic heterocycles. The molecule has 0 radical (unpaired) electrons. The van der Waals surface area contributed by atoms with Gasteiger partial charge in [-0.15, -0.1) is 0 Å². The Hall–Kier alpha value is -2.08. The minimum Gasteiger partial charge on any atom is -0.496 e. The summed E-state index contributed by atoms with van der Waals surface area (Å²) in [6.45, 7) is 0. The number of hydrogen-bond acceptors (Lipinski definition) is 4. The van der Waals surface area contributed by atoms with Gasteiger partial charge in [0.25, 0.3) is 5.91 Å². The fourth-order valence-corrected chi connectivity index (χ4v) is 4.26. The molecule has 2 fully saturated rings. The average molecular weight is 347 g/mol. The molecule has 2 unspecified atom stereocenters. The van der Waals surface area contributed by atoms with Gasteiger partial charge in [-0.1, -0.05) is 11.6 Å². The predicted molar refractivity (Wildman–Crippen MR) is 89.3 cm³/mol. The van der Waals surface area contributed by atoms with Gasteiger partial charge in [0.15, 0.2) is 0 Å². The second-order valence-electron chi connectivity index (χ2n) is 6.44. The summed E-state index contributed by atoms with van der Waals surface area (Å²) in [5.41, 5.74) is 0.543. The Balaban J connectivity index is 1.60. The summed E-state index contributed by atoms with van der Waals surface area (Å²) < 4.78 is 7.28. The second-order valence-corrected chi connectivity index (χ2v) is 6.88. The summed E-state index contributed by atoms with van der Waals surface area (Å²) in [4.78, 5) is 19.2. The van der Waals surface area contributed by atoms with Crippen LogP contribution in [0.2, 0.25) is 5.02 Å². The molecule has 2 atom stereocenters. The molecule has 0 spiro atoms. The Morgan fingerprint density at radius 2 is 2.00 bits per heavy atom. The smallest absolute Gasteiger partial charge is 0.258 e. The molecular formula is C17H19ClN4O2. The van der Waals surface area contributed by atoms with Crippen LogP contribution in [0.1, 0.15) is 42.1 Å². The highest BCUT2D eigenvalue weighted by atomic mass is 35.5. The Bertz CT molecular complexity index is 735. The quantitative estimate of drug-likeness (QED) is 0.857. The third-order valence-electron chi connectivity index (χ3n) is 5.15. The summed E-state index contributed by atoms with van der Waals surface area (Å²) in [7, 11) is 1.57. The largest absolute Gasteiger partial charge is 0.496 e. The summed E-state index contributed by atoms with van der Waals surface area (Å²) in [5.74, 6) is 0.584. The normalized spacial score (nSPS) is 25.8. The highest BCUT2D eigenvalue weighted by Crippen LogP contribution is 2.42. The molecule has 0 aliphatic carbocycles. The molecular weight excluding hydrogens is 328 g/mol. The second kappa shape index (κ2) is 6.09. The van der Waals surface area contributed by atoms with E-state index in [9.17, 15) is 4.79 Å². The Morgan fingerprint density at radius 3 is 2.62 bits per heavy atom. The number of piperidine rings is 1. The van der Waals surface area contributed by atoms with E-state index in [1.165, 1.54) is 0 Å². The predicted octanol–water partition coefficient (Wildman–Crippen LogP) is 2.95. The number of benzene rings is 1. The molecule has 2 aromatic rings. The van der Waals surface area contributed by atoms with Crippen LogP contribution >= 0.6 is 11.6 Å².